The summed E-state index contributed by atoms with van der Waals surface area (Å²) in [4.78, 5) is 26.6. The Bertz CT molecular complexity index is 733. The number of pyridine rings is 1. The van der Waals surface area contributed by atoms with Gasteiger partial charge in [0, 0.05) is 38.0 Å². The van der Waals surface area contributed by atoms with E-state index >= 15 is 0 Å². The highest BCUT2D eigenvalue weighted by atomic mass is 16.2. The SMILES string of the molecule is Cn1ccc(C(=O)N(Cc2ccccc2)CC2CCC2)cc1=O. The molecule has 1 aliphatic carbocycles. The molecule has 1 heterocycles. The summed E-state index contributed by atoms with van der Waals surface area (Å²) in [7, 11) is 1.69. The molecule has 2 aromatic rings. The summed E-state index contributed by atoms with van der Waals surface area (Å²) in [6.45, 7) is 1.36. The molecular formula is C19H22N2O2. The third-order valence-electron chi connectivity index (χ3n) is 4.56. The number of carbonyl (C=O) groups excluding carboxylic acids is 1. The molecule has 3 rings (SSSR count). The Morgan fingerprint density at radius 3 is 2.57 bits per heavy atom. The molecule has 0 atom stereocenters. The number of nitrogens with zero attached hydrogens (tertiary/aromatic N) is 2. The van der Waals surface area contributed by atoms with Crippen LogP contribution in [0.2, 0.25) is 0 Å². The summed E-state index contributed by atoms with van der Waals surface area (Å²) in [5.41, 5.74) is 1.44. The molecule has 0 radical (unpaired) electrons. The van der Waals surface area contributed by atoms with Gasteiger partial charge in [-0.1, -0.05) is 36.8 Å². The summed E-state index contributed by atoms with van der Waals surface area (Å²) in [6, 6.07) is 13.2. The maximum Gasteiger partial charge on any atom is 0.254 e. The summed E-state index contributed by atoms with van der Waals surface area (Å²) in [5.74, 6) is 0.535. The predicted molar refractivity (Wildman–Crippen MR) is 90.2 cm³/mol. The van der Waals surface area contributed by atoms with E-state index in [1.54, 1.807) is 19.3 Å². The zero-order valence-corrected chi connectivity index (χ0v) is 13.4. The minimum absolute atomic E-state index is 0.0570. The van der Waals surface area contributed by atoms with Crippen molar-refractivity contribution in [2.24, 2.45) is 13.0 Å². The first-order valence-electron chi connectivity index (χ1n) is 8.13. The van der Waals surface area contributed by atoms with Gasteiger partial charge in [0.1, 0.15) is 0 Å². The molecule has 0 bridgehead atoms. The van der Waals surface area contributed by atoms with Crippen molar-refractivity contribution in [3.63, 3.8) is 0 Å². The number of rotatable bonds is 5. The number of amides is 1. The molecule has 1 fully saturated rings. The Labute approximate surface area is 136 Å². The minimum Gasteiger partial charge on any atom is -0.334 e. The third-order valence-corrected chi connectivity index (χ3v) is 4.56. The second-order valence-corrected chi connectivity index (χ2v) is 6.33. The summed E-state index contributed by atoms with van der Waals surface area (Å²) >= 11 is 0. The number of hydrogen-bond donors (Lipinski definition) is 0. The van der Waals surface area contributed by atoms with Gasteiger partial charge in [-0.2, -0.15) is 0 Å². The fraction of sp³-hybridized carbons (Fsp3) is 0.368. The zero-order chi connectivity index (χ0) is 16.2. The van der Waals surface area contributed by atoms with Gasteiger partial charge in [-0.25, -0.2) is 0 Å². The maximum absolute atomic E-state index is 12.9. The van der Waals surface area contributed by atoms with Crippen LogP contribution >= 0.6 is 0 Å². The Morgan fingerprint density at radius 1 is 1.22 bits per heavy atom. The molecule has 0 N–H and O–H groups in total. The monoisotopic (exact) mass is 310 g/mol. The summed E-state index contributed by atoms with van der Waals surface area (Å²) in [6.07, 6.45) is 5.29. The lowest BCUT2D eigenvalue weighted by molar-refractivity contribution is 0.0679. The molecule has 1 aromatic heterocycles. The van der Waals surface area contributed by atoms with E-state index in [-0.39, 0.29) is 11.5 Å². The van der Waals surface area contributed by atoms with Crippen molar-refractivity contribution in [1.29, 1.82) is 0 Å². The topological polar surface area (TPSA) is 42.3 Å². The molecule has 23 heavy (non-hydrogen) atoms. The second-order valence-electron chi connectivity index (χ2n) is 6.33. The van der Waals surface area contributed by atoms with Crippen molar-refractivity contribution in [3.05, 3.63) is 70.1 Å². The zero-order valence-electron chi connectivity index (χ0n) is 13.4. The Kier molecular flexibility index (Phi) is 4.60. The highest BCUT2D eigenvalue weighted by Crippen LogP contribution is 2.28. The fourth-order valence-corrected chi connectivity index (χ4v) is 2.87. The van der Waals surface area contributed by atoms with E-state index in [4.69, 9.17) is 0 Å². The van der Waals surface area contributed by atoms with E-state index in [9.17, 15) is 9.59 Å². The lowest BCUT2D eigenvalue weighted by Crippen LogP contribution is -2.37. The molecule has 1 aromatic carbocycles. The van der Waals surface area contributed by atoms with Gasteiger partial charge in [0.25, 0.3) is 11.5 Å². The van der Waals surface area contributed by atoms with E-state index in [0.717, 1.165) is 12.1 Å². The first-order valence-corrected chi connectivity index (χ1v) is 8.13. The second kappa shape index (κ2) is 6.82. The van der Waals surface area contributed by atoms with Crippen LogP contribution in [0.15, 0.2) is 53.5 Å². The van der Waals surface area contributed by atoms with Crippen LogP contribution in [0.3, 0.4) is 0 Å². The normalized spacial score (nSPS) is 14.3. The molecule has 1 amide bonds. The molecule has 120 valence electrons. The van der Waals surface area contributed by atoms with Crippen LogP contribution < -0.4 is 5.56 Å². The lowest BCUT2D eigenvalue weighted by atomic mass is 9.85. The van der Waals surface area contributed by atoms with Gasteiger partial charge in [-0.15, -0.1) is 0 Å². The Hall–Kier alpha value is -2.36. The minimum atomic E-state index is -0.154. The van der Waals surface area contributed by atoms with E-state index in [1.165, 1.54) is 29.9 Å². The van der Waals surface area contributed by atoms with Gasteiger partial charge in [0.2, 0.25) is 0 Å². The number of aromatic nitrogens is 1. The van der Waals surface area contributed by atoms with Crippen molar-refractivity contribution in [2.45, 2.75) is 25.8 Å². The average Bonchev–Trinajstić information content (AvgIpc) is 2.52. The smallest absolute Gasteiger partial charge is 0.254 e. The van der Waals surface area contributed by atoms with Gasteiger partial charge in [-0.05, 0) is 30.4 Å². The van der Waals surface area contributed by atoms with Crippen LogP contribution in [0.25, 0.3) is 0 Å². The Balaban J connectivity index is 1.82. The average molecular weight is 310 g/mol. The molecule has 4 heteroatoms. The van der Waals surface area contributed by atoms with Gasteiger partial charge in [0.15, 0.2) is 0 Å². The number of carbonyl (C=O) groups is 1. The maximum atomic E-state index is 12.9. The quantitative estimate of drug-likeness (QED) is 0.852. The van der Waals surface area contributed by atoms with Crippen LogP contribution in [0.4, 0.5) is 0 Å². The molecule has 0 spiro atoms. The number of benzene rings is 1. The van der Waals surface area contributed by atoms with Crippen molar-refractivity contribution in [2.75, 3.05) is 6.54 Å². The standard InChI is InChI=1S/C19H22N2O2/c1-20-11-10-17(12-18(20)22)19(23)21(14-16-8-5-9-16)13-15-6-3-2-4-7-15/h2-4,6-7,10-12,16H,5,8-9,13-14H2,1H3. The van der Waals surface area contributed by atoms with Crippen molar-refractivity contribution in [3.8, 4) is 0 Å². The molecular weight excluding hydrogens is 288 g/mol. The van der Waals surface area contributed by atoms with E-state index in [2.05, 4.69) is 0 Å². The molecule has 0 saturated heterocycles. The predicted octanol–water partition coefficient (Wildman–Crippen LogP) is 2.83. The third kappa shape index (κ3) is 3.70. The van der Waals surface area contributed by atoms with Crippen molar-refractivity contribution < 1.29 is 4.79 Å². The van der Waals surface area contributed by atoms with Gasteiger partial charge in [-0.3, -0.25) is 9.59 Å². The number of aryl methyl sites for hydroxylation is 1. The molecule has 1 aliphatic rings. The van der Waals surface area contributed by atoms with Crippen LogP contribution in [0.1, 0.15) is 35.2 Å². The van der Waals surface area contributed by atoms with Gasteiger partial charge in [0.05, 0.1) is 0 Å². The molecule has 1 saturated carbocycles. The van der Waals surface area contributed by atoms with E-state index < -0.39 is 0 Å². The van der Waals surface area contributed by atoms with Crippen molar-refractivity contribution in [1.82, 2.24) is 9.47 Å². The van der Waals surface area contributed by atoms with Crippen LogP contribution in [0, 0.1) is 5.92 Å². The molecule has 0 aliphatic heterocycles. The molecule has 4 nitrogen and oxygen atoms in total. The largest absolute Gasteiger partial charge is 0.334 e. The van der Waals surface area contributed by atoms with Gasteiger partial charge < -0.3 is 9.47 Å². The van der Waals surface area contributed by atoms with Crippen LogP contribution in [0.5, 0.6) is 0 Å². The van der Waals surface area contributed by atoms with Crippen LogP contribution in [-0.2, 0) is 13.6 Å². The van der Waals surface area contributed by atoms with E-state index in [0.29, 0.717) is 18.0 Å². The Morgan fingerprint density at radius 2 is 1.96 bits per heavy atom. The highest BCUT2D eigenvalue weighted by molar-refractivity contribution is 5.94. The lowest BCUT2D eigenvalue weighted by Gasteiger charge is -2.32. The highest BCUT2D eigenvalue weighted by Gasteiger charge is 2.24. The van der Waals surface area contributed by atoms with Gasteiger partial charge >= 0.3 is 0 Å². The first kappa shape index (κ1) is 15.5. The summed E-state index contributed by atoms with van der Waals surface area (Å²) < 4.78 is 1.48. The fourth-order valence-electron chi connectivity index (χ4n) is 2.87. The number of hydrogen-bond acceptors (Lipinski definition) is 2. The summed E-state index contributed by atoms with van der Waals surface area (Å²) in [5, 5.41) is 0. The van der Waals surface area contributed by atoms with Crippen molar-refractivity contribution >= 4 is 5.91 Å². The van der Waals surface area contributed by atoms with Crippen LogP contribution in [-0.4, -0.2) is 21.9 Å². The van der Waals surface area contributed by atoms with E-state index in [1.807, 2.05) is 35.2 Å². The first-order chi connectivity index (χ1) is 11.1. The molecule has 0 unspecified atom stereocenters.